The Morgan fingerprint density at radius 1 is 0.767 bits per heavy atom. The van der Waals surface area contributed by atoms with Crippen LogP contribution in [0.3, 0.4) is 0 Å². The third-order valence-electron chi connectivity index (χ3n) is 11.0. The van der Waals surface area contributed by atoms with E-state index in [1.807, 2.05) is 36.4 Å². The minimum atomic E-state index is -1.35. The van der Waals surface area contributed by atoms with E-state index in [1.54, 1.807) is 0 Å². The Morgan fingerprint density at radius 3 is 2.22 bits per heavy atom. The number of hydrogen-bond donors (Lipinski definition) is 0. The number of pyridine rings is 1. The Labute approximate surface area is 370 Å². The van der Waals surface area contributed by atoms with E-state index in [4.69, 9.17) is 14.4 Å². The van der Waals surface area contributed by atoms with Gasteiger partial charge in [0.15, 0.2) is 0 Å². The molecular formula is C54H53IrN3OSi-2. The minimum Gasteiger partial charge on any atom is -0.501 e. The van der Waals surface area contributed by atoms with Crippen molar-refractivity contribution in [3.05, 3.63) is 168 Å². The summed E-state index contributed by atoms with van der Waals surface area (Å²) in [7, 11) is -1.35. The van der Waals surface area contributed by atoms with E-state index in [0.29, 0.717) is 5.92 Å². The predicted octanol–water partition coefficient (Wildman–Crippen LogP) is 14.0. The number of imidazole rings is 1. The predicted molar refractivity (Wildman–Crippen MR) is 252 cm³/mol. The van der Waals surface area contributed by atoms with Crippen LogP contribution in [0.1, 0.15) is 51.3 Å². The van der Waals surface area contributed by atoms with Crippen LogP contribution in [0.2, 0.25) is 19.6 Å². The van der Waals surface area contributed by atoms with Crippen LogP contribution < -0.4 is 5.19 Å². The van der Waals surface area contributed by atoms with Crippen LogP contribution in [0.25, 0.3) is 72.4 Å². The van der Waals surface area contributed by atoms with Gasteiger partial charge in [-0.15, -0.1) is 53.6 Å². The van der Waals surface area contributed by atoms with E-state index in [-0.39, 0.29) is 25.5 Å². The molecule has 0 N–H and O–H groups in total. The van der Waals surface area contributed by atoms with E-state index < -0.39 is 8.07 Å². The van der Waals surface area contributed by atoms with Crippen molar-refractivity contribution in [1.82, 2.24) is 14.5 Å². The molecule has 305 valence electrons. The maximum atomic E-state index is 6.42. The van der Waals surface area contributed by atoms with Gasteiger partial charge >= 0.3 is 0 Å². The first-order valence-corrected chi connectivity index (χ1v) is 24.2. The monoisotopic (exact) mass is 980 g/mol. The van der Waals surface area contributed by atoms with Crippen LogP contribution in [0.4, 0.5) is 0 Å². The van der Waals surface area contributed by atoms with Crippen LogP contribution in [0.15, 0.2) is 144 Å². The maximum Gasteiger partial charge on any atom is 0.120 e. The molecule has 0 saturated carbocycles. The third kappa shape index (κ3) is 8.74. The standard InChI is InChI=1S/C35H27N2O.C19H26NSi.Ir/c1-35(2,3)24-20-21-30(28(22-24)23-12-5-4-6-13-23)37-31-18-9-8-17-29(31)36-34(37)27-16-11-15-26-25-14-7-10-19-32(25)38-33(26)27;1-14(2)10-17-12-18(16-9-7-8-15(3)11-16)20-13-19(17)21(4,5)6;/h4-15,17-22H,1-3H3;7-8,11-14H,10H2,1-6H3;/q2*-1;. The molecule has 60 heavy (non-hydrogen) atoms. The summed E-state index contributed by atoms with van der Waals surface area (Å²) >= 11 is 0. The van der Waals surface area contributed by atoms with Crippen LogP contribution in [0.5, 0.6) is 0 Å². The molecule has 3 aromatic heterocycles. The number of nitrogens with zero attached hydrogens (tertiary/aromatic N) is 3. The first-order valence-electron chi connectivity index (χ1n) is 20.7. The molecule has 4 nitrogen and oxygen atoms in total. The van der Waals surface area contributed by atoms with Gasteiger partial charge in [-0.1, -0.05) is 150 Å². The molecule has 0 aliphatic heterocycles. The molecule has 1 radical (unpaired) electrons. The fourth-order valence-electron chi connectivity index (χ4n) is 8.00. The number of fused-ring (bicyclic) bond motifs is 4. The van der Waals surface area contributed by atoms with E-state index in [1.165, 1.54) is 33.0 Å². The topological polar surface area (TPSA) is 43.9 Å². The number of aryl methyl sites for hydroxylation is 1. The van der Waals surface area contributed by atoms with E-state index >= 15 is 0 Å². The molecule has 0 spiro atoms. The van der Waals surface area contributed by atoms with E-state index in [2.05, 4.69) is 181 Å². The number of furan rings is 1. The second kappa shape index (κ2) is 17.3. The number of hydrogen-bond acceptors (Lipinski definition) is 3. The van der Waals surface area contributed by atoms with Gasteiger partial charge in [-0.3, -0.25) is 4.98 Å². The third-order valence-corrected chi connectivity index (χ3v) is 13.0. The summed E-state index contributed by atoms with van der Waals surface area (Å²) in [6.45, 7) is 20.6. The zero-order valence-electron chi connectivity index (χ0n) is 36.1. The van der Waals surface area contributed by atoms with Crippen LogP contribution in [0, 0.1) is 25.0 Å². The molecule has 0 unspecified atom stereocenters. The summed E-state index contributed by atoms with van der Waals surface area (Å²) in [5.74, 6) is 1.48. The molecule has 0 bridgehead atoms. The van der Waals surface area contributed by atoms with Crippen molar-refractivity contribution < 1.29 is 24.5 Å². The van der Waals surface area contributed by atoms with E-state index in [9.17, 15) is 0 Å². The van der Waals surface area contributed by atoms with Gasteiger partial charge in [0, 0.05) is 42.9 Å². The summed E-state index contributed by atoms with van der Waals surface area (Å²) in [6, 6.07) is 53.3. The van der Waals surface area contributed by atoms with Gasteiger partial charge in [0.2, 0.25) is 0 Å². The van der Waals surface area contributed by atoms with E-state index in [0.717, 1.165) is 67.7 Å². The van der Waals surface area contributed by atoms with Crippen molar-refractivity contribution in [3.8, 4) is 39.5 Å². The summed E-state index contributed by atoms with van der Waals surface area (Å²) in [6.07, 6.45) is 3.25. The Hall–Kier alpha value is -5.39. The Morgan fingerprint density at radius 2 is 1.48 bits per heavy atom. The number of rotatable bonds is 7. The normalized spacial score (nSPS) is 11.8. The van der Waals surface area contributed by atoms with Crippen molar-refractivity contribution >= 4 is 46.2 Å². The maximum absolute atomic E-state index is 6.42. The van der Waals surface area contributed by atoms with Gasteiger partial charge in [-0.05, 0) is 70.1 Å². The summed E-state index contributed by atoms with van der Waals surface area (Å²) < 4.78 is 8.69. The first kappa shape index (κ1) is 42.7. The van der Waals surface area contributed by atoms with Crippen molar-refractivity contribution in [2.75, 3.05) is 0 Å². The molecule has 9 aromatic rings. The summed E-state index contributed by atoms with van der Waals surface area (Å²) in [4.78, 5) is 9.89. The van der Waals surface area contributed by atoms with Crippen molar-refractivity contribution in [1.29, 1.82) is 0 Å². The van der Waals surface area contributed by atoms with Crippen LogP contribution in [-0.2, 0) is 31.9 Å². The van der Waals surface area contributed by atoms with Crippen LogP contribution in [-0.4, -0.2) is 22.6 Å². The zero-order valence-corrected chi connectivity index (χ0v) is 39.5. The smallest absolute Gasteiger partial charge is 0.120 e. The second-order valence-corrected chi connectivity index (χ2v) is 23.2. The molecular weight excluding hydrogens is 927 g/mol. The first-order chi connectivity index (χ1) is 28.3. The molecule has 6 heteroatoms. The summed E-state index contributed by atoms with van der Waals surface area (Å²) in [5, 5.41) is 3.66. The number of benzene rings is 6. The Balaban J connectivity index is 0.000000212. The fraction of sp³-hybridized carbons (Fsp3) is 0.222. The number of aromatic nitrogens is 3. The average Bonchev–Trinajstić information content (AvgIpc) is 3.79. The molecule has 0 aliphatic carbocycles. The molecule has 3 heterocycles. The van der Waals surface area contributed by atoms with Crippen molar-refractivity contribution in [2.24, 2.45) is 5.92 Å². The van der Waals surface area contributed by atoms with Crippen LogP contribution >= 0.6 is 0 Å². The molecule has 0 aliphatic rings. The van der Waals surface area contributed by atoms with Gasteiger partial charge in [-0.2, -0.15) is 0 Å². The quantitative estimate of drug-likeness (QED) is 0.118. The number of para-hydroxylation sites is 3. The molecule has 0 fully saturated rings. The molecule has 0 atom stereocenters. The van der Waals surface area contributed by atoms with Gasteiger partial charge < -0.3 is 14.0 Å². The average molecular weight is 980 g/mol. The Kier molecular flexibility index (Phi) is 12.3. The molecule has 6 aromatic carbocycles. The molecule has 0 saturated heterocycles. The van der Waals surface area contributed by atoms with Gasteiger partial charge in [0.25, 0.3) is 0 Å². The van der Waals surface area contributed by atoms with Gasteiger partial charge in [0.1, 0.15) is 5.58 Å². The van der Waals surface area contributed by atoms with Gasteiger partial charge in [-0.25, -0.2) is 0 Å². The van der Waals surface area contributed by atoms with Gasteiger partial charge in [0.05, 0.1) is 30.5 Å². The zero-order chi connectivity index (χ0) is 41.5. The molecule has 9 rings (SSSR count). The summed E-state index contributed by atoms with van der Waals surface area (Å²) in [5.41, 5.74) is 14.1. The van der Waals surface area contributed by atoms with Crippen molar-refractivity contribution in [3.63, 3.8) is 0 Å². The second-order valence-electron chi connectivity index (χ2n) is 18.2. The minimum absolute atomic E-state index is 0. The van der Waals surface area contributed by atoms with Crippen molar-refractivity contribution in [2.45, 2.75) is 73.0 Å². The fourth-order valence-corrected chi connectivity index (χ4v) is 9.59. The Bertz CT molecular complexity index is 2930. The SMILES string of the molecule is CC(C)(C)c1ccc(-n2c(-c3[c-]ccc4c3oc3ccccc34)nc3ccccc32)c(-c2ccccc2)c1.Cc1cc[c-]c(-c2cc(CC(C)C)c([Si](C)(C)C)cn2)c1.[Ir]. The molecule has 0 amide bonds. The largest absolute Gasteiger partial charge is 0.501 e.